The molecule has 2 aromatic rings. The molecule has 0 bridgehead atoms. The molecule has 0 fully saturated rings. The van der Waals surface area contributed by atoms with E-state index in [-0.39, 0.29) is 5.69 Å². The van der Waals surface area contributed by atoms with E-state index in [9.17, 15) is 9.90 Å². The lowest BCUT2D eigenvalue weighted by Gasteiger charge is -2.09. The van der Waals surface area contributed by atoms with E-state index in [2.05, 4.69) is 9.97 Å². The van der Waals surface area contributed by atoms with Crippen molar-refractivity contribution in [2.24, 2.45) is 0 Å². The predicted octanol–water partition coefficient (Wildman–Crippen LogP) is 1.64. The Morgan fingerprint density at radius 1 is 1.38 bits per heavy atom. The monoisotopic (exact) mass is 238 g/mol. The zero-order chi connectivity index (χ0) is 11.5. The Balaban J connectivity index is 2.27. The average molecular weight is 238 g/mol. The van der Waals surface area contributed by atoms with Gasteiger partial charge in [0.25, 0.3) is 0 Å². The first-order chi connectivity index (χ1) is 7.70. The second-order valence-electron chi connectivity index (χ2n) is 3.68. The third-order valence-electron chi connectivity index (χ3n) is 2.52. The van der Waals surface area contributed by atoms with Crippen molar-refractivity contribution in [3.8, 4) is 0 Å². The average Bonchev–Trinajstić information content (AvgIpc) is 2.64. The van der Waals surface area contributed by atoms with Gasteiger partial charge in [-0.1, -0.05) is 6.07 Å². The van der Waals surface area contributed by atoms with Crippen LogP contribution in [-0.2, 0) is 0 Å². The number of aromatic amines is 2. The lowest BCUT2D eigenvalue weighted by Crippen LogP contribution is -1.99. The zero-order valence-electron chi connectivity index (χ0n) is 8.99. The van der Waals surface area contributed by atoms with Crippen molar-refractivity contribution in [2.45, 2.75) is 12.5 Å². The molecule has 0 spiro atoms. The molecular weight excluding hydrogens is 224 g/mol. The molecule has 3 N–H and O–H groups in total. The third kappa shape index (κ3) is 2.31. The smallest absolute Gasteiger partial charge is 0.323 e. The standard InChI is InChI=1S/C11H14N2O2S/c1-16-5-4-10(14)7-2-3-8-9(6-7)13-11(15)12-8/h2-3,6,10,14H,4-5H2,1H3,(H2,12,13,15). The summed E-state index contributed by atoms with van der Waals surface area (Å²) in [5.74, 6) is 0.920. The summed E-state index contributed by atoms with van der Waals surface area (Å²) in [6.45, 7) is 0. The van der Waals surface area contributed by atoms with E-state index in [0.717, 1.165) is 28.8 Å². The summed E-state index contributed by atoms with van der Waals surface area (Å²) >= 11 is 1.71. The quantitative estimate of drug-likeness (QED) is 0.758. The first-order valence-electron chi connectivity index (χ1n) is 5.09. The summed E-state index contributed by atoms with van der Waals surface area (Å²) in [6, 6.07) is 5.47. The van der Waals surface area contributed by atoms with Crippen LogP contribution in [-0.4, -0.2) is 27.1 Å². The Bertz CT molecular complexity index is 532. The number of H-pyrrole nitrogens is 2. The summed E-state index contributed by atoms with van der Waals surface area (Å²) in [5.41, 5.74) is 2.14. The minimum absolute atomic E-state index is 0.217. The van der Waals surface area contributed by atoms with Crippen LogP contribution >= 0.6 is 11.8 Å². The predicted molar refractivity (Wildman–Crippen MR) is 66.9 cm³/mol. The van der Waals surface area contributed by atoms with Crippen molar-refractivity contribution >= 4 is 22.8 Å². The molecule has 1 heterocycles. The van der Waals surface area contributed by atoms with Crippen molar-refractivity contribution < 1.29 is 5.11 Å². The molecule has 1 atom stereocenters. The molecule has 0 amide bonds. The molecule has 1 unspecified atom stereocenters. The fraction of sp³-hybridized carbons (Fsp3) is 0.364. The maximum absolute atomic E-state index is 11.1. The highest BCUT2D eigenvalue weighted by Crippen LogP contribution is 2.20. The summed E-state index contributed by atoms with van der Waals surface area (Å²) in [7, 11) is 0. The van der Waals surface area contributed by atoms with E-state index in [1.54, 1.807) is 11.8 Å². The van der Waals surface area contributed by atoms with Crippen LogP contribution in [0.3, 0.4) is 0 Å². The van der Waals surface area contributed by atoms with E-state index in [0.29, 0.717) is 0 Å². The van der Waals surface area contributed by atoms with Crippen LogP contribution in [0.15, 0.2) is 23.0 Å². The largest absolute Gasteiger partial charge is 0.388 e. The minimum Gasteiger partial charge on any atom is -0.388 e. The van der Waals surface area contributed by atoms with Gasteiger partial charge in [0.05, 0.1) is 17.1 Å². The van der Waals surface area contributed by atoms with E-state index in [1.165, 1.54) is 0 Å². The highest BCUT2D eigenvalue weighted by Gasteiger charge is 2.08. The lowest BCUT2D eigenvalue weighted by atomic mass is 10.1. The number of hydrogen-bond donors (Lipinski definition) is 3. The molecule has 0 saturated heterocycles. The Morgan fingerprint density at radius 2 is 2.12 bits per heavy atom. The summed E-state index contributed by atoms with van der Waals surface area (Å²) < 4.78 is 0. The van der Waals surface area contributed by atoms with Crippen molar-refractivity contribution in [1.82, 2.24) is 9.97 Å². The van der Waals surface area contributed by atoms with Gasteiger partial charge in [-0.15, -0.1) is 0 Å². The molecule has 4 nitrogen and oxygen atoms in total. The summed E-state index contributed by atoms with van der Waals surface area (Å²) in [5, 5.41) is 9.90. The number of nitrogens with one attached hydrogen (secondary N) is 2. The number of hydrogen-bond acceptors (Lipinski definition) is 3. The van der Waals surface area contributed by atoms with Gasteiger partial charge in [-0.3, -0.25) is 0 Å². The molecule has 1 aromatic heterocycles. The number of rotatable bonds is 4. The molecule has 5 heteroatoms. The zero-order valence-corrected chi connectivity index (χ0v) is 9.80. The van der Waals surface area contributed by atoms with E-state index >= 15 is 0 Å². The van der Waals surface area contributed by atoms with E-state index < -0.39 is 6.10 Å². The van der Waals surface area contributed by atoms with Gasteiger partial charge in [-0.05, 0) is 36.1 Å². The van der Waals surface area contributed by atoms with Crippen LogP contribution in [0, 0.1) is 0 Å². The maximum Gasteiger partial charge on any atom is 0.323 e. The van der Waals surface area contributed by atoms with Crippen LogP contribution in [0.5, 0.6) is 0 Å². The molecule has 0 radical (unpaired) electrons. The topological polar surface area (TPSA) is 68.9 Å². The number of benzene rings is 1. The van der Waals surface area contributed by atoms with Gasteiger partial charge in [0, 0.05) is 0 Å². The molecular formula is C11H14N2O2S. The fourth-order valence-corrected chi connectivity index (χ4v) is 2.11. The molecule has 0 aliphatic heterocycles. The number of fused-ring (bicyclic) bond motifs is 1. The molecule has 0 aliphatic carbocycles. The molecule has 86 valence electrons. The molecule has 16 heavy (non-hydrogen) atoms. The SMILES string of the molecule is CSCCC(O)c1ccc2[nH]c(=O)[nH]c2c1. The first-order valence-corrected chi connectivity index (χ1v) is 6.49. The number of aliphatic hydroxyl groups excluding tert-OH is 1. The van der Waals surface area contributed by atoms with Crippen molar-refractivity contribution in [2.75, 3.05) is 12.0 Å². The molecule has 2 rings (SSSR count). The van der Waals surface area contributed by atoms with Gasteiger partial charge < -0.3 is 15.1 Å². The number of thioether (sulfide) groups is 1. The first kappa shape index (κ1) is 11.3. The highest BCUT2D eigenvalue weighted by molar-refractivity contribution is 7.98. The van der Waals surface area contributed by atoms with Crippen LogP contribution in [0.25, 0.3) is 11.0 Å². The van der Waals surface area contributed by atoms with Crippen molar-refractivity contribution in [3.63, 3.8) is 0 Å². The summed E-state index contributed by atoms with van der Waals surface area (Å²) in [6.07, 6.45) is 2.27. The van der Waals surface area contributed by atoms with Crippen LogP contribution in [0.4, 0.5) is 0 Å². The van der Waals surface area contributed by atoms with E-state index in [1.807, 2.05) is 24.5 Å². The van der Waals surface area contributed by atoms with Crippen LogP contribution in [0.1, 0.15) is 18.1 Å². The van der Waals surface area contributed by atoms with Gasteiger partial charge in [0.1, 0.15) is 0 Å². The van der Waals surface area contributed by atoms with Gasteiger partial charge in [-0.2, -0.15) is 11.8 Å². The Labute approximate surface area is 97.1 Å². The number of imidazole rings is 1. The third-order valence-corrected chi connectivity index (χ3v) is 3.16. The fourth-order valence-electron chi connectivity index (χ4n) is 1.65. The van der Waals surface area contributed by atoms with Gasteiger partial charge in [0.15, 0.2) is 0 Å². The Kier molecular flexibility index (Phi) is 3.36. The minimum atomic E-state index is -0.463. The Hall–Kier alpha value is -1.20. The highest BCUT2D eigenvalue weighted by atomic mass is 32.2. The lowest BCUT2D eigenvalue weighted by molar-refractivity contribution is 0.175. The second kappa shape index (κ2) is 4.76. The van der Waals surface area contributed by atoms with Crippen LogP contribution in [0.2, 0.25) is 0 Å². The molecule has 0 saturated carbocycles. The molecule has 0 aliphatic rings. The number of aliphatic hydroxyl groups is 1. The van der Waals surface area contributed by atoms with Gasteiger partial charge in [-0.25, -0.2) is 4.79 Å². The number of aromatic nitrogens is 2. The second-order valence-corrected chi connectivity index (χ2v) is 4.67. The van der Waals surface area contributed by atoms with Crippen LogP contribution < -0.4 is 5.69 Å². The van der Waals surface area contributed by atoms with Gasteiger partial charge in [0.2, 0.25) is 0 Å². The Morgan fingerprint density at radius 3 is 2.88 bits per heavy atom. The van der Waals surface area contributed by atoms with Gasteiger partial charge >= 0.3 is 5.69 Å². The van der Waals surface area contributed by atoms with Crippen molar-refractivity contribution in [1.29, 1.82) is 0 Å². The normalized spacial score (nSPS) is 13.1. The van der Waals surface area contributed by atoms with Crippen molar-refractivity contribution in [3.05, 3.63) is 34.2 Å². The molecule has 1 aromatic carbocycles. The summed E-state index contributed by atoms with van der Waals surface area (Å²) in [4.78, 5) is 16.4. The maximum atomic E-state index is 11.1. The van der Waals surface area contributed by atoms with E-state index in [4.69, 9.17) is 0 Å².